The SMILES string of the molecule is CCCC(C)(CO)NC(=O)Nc1ccc(C(C)(C)C)nn1. The summed E-state index contributed by atoms with van der Waals surface area (Å²) >= 11 is 0. The van der Waals surface area contributed by atoms with Crippen LogP contribution in [0.5, 0.6) is 0 Å². The van der Waals surface area contributed by atoms with Gasteiger partial charge in [0.25, 0.3) is 0 Å². The van der Waals surface area contributed by atoms with Crippen LogP contribution in [0, 0.1) is 0 Å². The van der Waals surface area contributed by atoms with Crippen LogP contribution >= 0.6 is 0 Å². The summed E-state index contributed by atoms with van der Waals surface area (Å²) in [4.78, 5) is 11.9. The maximum Gasteiger partial charge on any atom is 0.320 e. The van der Waals surface area contributed by atoms with E-state index in [1.165, 1.54) is 0 Å². The van der Waals surface area contributed by atoms with Crippen molar-refractivity contribution in [3.8, 4) is 0 Å². The van der Waals surface area contributed by atoms with Crippen LogP contribution < -0.4 is 10.6 Å². The molecule has 1 aromatic rings. The third-order valence-corrected chi connectivity index (χ3v) is 3.24. The molecule has 3 N–H and O–H groups in total. The Labute approximate surface area is 126 Å². The molecule has 1 atom stereocenters. The van der Waals surface area contributed by atoms with Crippen molar-refractivity contribution >= 4 is 11.8 Å². The molecule has 118 valence electrons. The molecule has 0 saturated carbocycles. The Morgan fingerprint density at radius 2 is 1.90 bits per heavy atom. The predicted molar refractivity (Wildman–Crippen MR) is 83.3 cm³/mol. The Bertz CT molecular complexity index is 468. The second kappa shape index (κ2) is 6.85. The van der Waals surface area contributed by atoms with Gasteiger partial charge in [-0.2, -0.15) is 5.10 Å². The molecule has 0 bridgehead atoms. The van der Waals surface area contributed by atoms with Gasteiger partial charge in [-0.25, -0.2) is 4.79 Å². The fourth-order valence-electron chi connectivity index (χ4n) is 1.95. The van der Waals surface area contributed by atoms with Crippen molar-refractivity contribution in [2.45, 2.75) is 58.4 Å². The average Bonchev–Trinajstić information content (AvgIpc) is 2.38. The van der Waals surface area contributed by atoms with E-state index in [0.717, 1.165) is 12.1 Å². The van der Waals surface area contributed by atoms with E-state index in [2.05, 4.69) is 20.8 Å². The maximum absolute atomic E-state index is 11.9. The number of hydrogen-bond donors (Lipinski definition) is 3. The van der Waals surface area contributed by atoms with Gasteiger partial charge in [0.2, 0.25) is 0 Å². The molecule has 0 fully saturated rings. The largest absolute Gasteiger partial charge is 0.394 e. The molecular weight excluding hydrogens is 268 g/mol. The molecule has 0 aliphatic rings. The van der Waals surface area contributed by atoms with Gasteiger partial charge in [-0.3, -0.25) is 5.32 Å². The molecule has 0 radical (unpaired) electrons. The van der Waals surface area contributed by atoms with E-state index in [9.17, 15) is 9.90 Å². The summed E-state index contributed by atoms with van der Waals surface area (Å²) < 4.78 is 0. The minimum Gasteiger partial charge on any atom is -0.394 e. The van der Waals surface area contributed by atoms with Gasteiger partial charge in [0.1, 0.15) is 0 Å². The van der Waals surface area contributed by atoms with Crippen molar-refractivity contribution in [1.82, 2.24) is 15.5 Å². The molecule has 21 heavy (non-hydrogen) atoms. The fourth-order valence-corrected chi connectivity index (χ4v) is 1.95. The summed E-state index contributed by atoms with van der Waals surface area (Å²) in [7, 11) is 0. The number of nitrogens with zero attached hydrogens (tertiary/aromatic N) is 2. The van der Waals surface area contributed by atoms with Crippen LogP contribution in [0.15, 0.2) is 12.1 Å². The predicted octanol–water partition coefficient (Wildman–Crippen LogP) is 2.45. The summed E-state index contributed by atoms with van der Waals surface area (Å²) in [6, 6.07) is 3.18. The number of aliphatic hydroxyl groups is 1. The second-order valence-electron chi connectivity index (χ2n) is 6.60. The van der Waals surface area contributed by atoms with E-state index in [-0.39, 0.29) is 12.0 Å². The zero-order chi connectivity index (χ0) is 16.1. The van der Waals surface area contributed by atoms with Gasteiger partial charge in [-0.1, -0.05) is 34.1 Å². The van der Waals surface area contributed by atoms with Gasteiger partial charge < -0.3 is 10.4 Å². The van der Waals surface area contributed by atoms with Gasteiger partial charge in [0.05, 0.1) is 17.8 Å². The first-order valence-electron chi connectivity index (χ1n) is 7.24. The highest BCUT2D eigenvalue weighted by molar-refractivity contribution is 5.88. The standard InChI is InChI=1S/C15H26N4O2/c1-6-9-15(5,10-20)17-13(21)16-12-8-7-11(18-19-12)14(2,3)4/h7-8,20H,6,9-10H2,1-5H3,(H2,16,17,19,21). The van der Waals surface area contributed by atoms with Crippen molar-refractivity contribution in [1.29, 1.82) is 0 Å². The minimum absolute atomic E-state index is 0.0790. The number of rotatable bonds is 5. The molecule has 0 saturated heterocycles. The van der Waals surface area contributed by atoms with Crippen molar-refractivity contribution in [2.75, 3.05) is 11.9 Å². The van der Waals surface area contributed by atoms with Crippen LogP contribution in [0.25, 0.3) is 0 Å². The highest BCUT2D eigenvalue weighted by Crippen LogP contribution is 2.19. The molecule has 1 unspecified atom stereocenters. The minimum atomic E-state index is -0.627. The molecule has 0 aromatic carbocycles. The van der Waals surface area contributed by atoms with E-state index in [4.69, 9.17) is 0 Å². The van der Waals surface area contributed by atoms with Crippen molar-refractivity contribution in [3.05, 3.63) is 17.8 Å². The summed E-state index contributed by atoms with van der Waals surface area (Å²) in [5.74, 6) is 0.386. The molecule has 2 amide bonds. The van der Waals surface area contributed by atoms with E-state index in [1.807, 2.05) is 40.7 Å². The van der Waals surface area contributed by atoms with Crippen molar-refractivity contribution in [2.24, 2.45) is 0 Å². The number of urea groups is 1. The summed E-state index contributed by atoms with van der Waals surface area (Å²) in [5, 5.41) is 22.9. The fraction of sp³-hybridized carbons (Fsp3) is 0.667. The van der Waals surface area contributed by atoms with Crippen LogP contribution in [0.1, 0.15) is 53.2 Å². The Balaban J connectivity index is 2.67. The topological polar surface area (TPSA) is 87.1 Å². The molecule has 1 rings (SSSR count). The lowest BCUT2D eigenvalue weighted by Gasteiger charge is -2.28. The number of hydrogen-bond acceptors (Lipinski definition) is 4. The normalized spacial score (nSPS) is 14.4. The van der Waals surface area contributed by atoms with Crippen LogP contribution in [-0.2, 0) is 5.41 Å². The number of carbonyl (C=O) groups is 1. The van der Waals surface area contributed by atoms with Gasteiger partial charge in [-0.05, 0) is 25.5 Å². The zero-order valence-corrected chi connectivity index (χ0v) is 13.5. The number of carbonyl (C=O) groups excluding carboxylic acids is 1. The average molecular weight is 294 g/mol. The van der Waals surface area contributed by atoms with Crippen molar-refractivity contribution in [3.63, 3.8) is 0 Å². The lowest BCUT2D eigenvalue weighted by Crippen LogP contribution is -2.50. The third kappa shape index (κ3) is 5.30. The molecule has 6 heteroatoms. The third-order valence-electron chi connectivity index (χ3n) is 3.24. The van der Waals surface area contributed by atoms with Crippen molar-refractivity contribution < 1.29 is 9.90 Å². The Morgan fingerprint density at radius 3 is 2.33 bits per heavy atom. The Morgan fingerprint density at radius 1 is 1.24 bits per heavy atom. The maximum atomic E-state index is 11.9. The number of aliphatic hydroxyl groups excluding tert-OH is 1. The molecule has 0 aliphatic heterocycles. The van der Waals surface area contributed by atoms with E-state index in [0.29, 0.717) is 12.2 Å². The van der Waals surface area contributed by atoms with Gasteiger partial charge >= 0.3 is 6.03 Å². The van der Waals surface area contributed by atoms with Crippen LogP contribution in [-0.4, -0.2) is 33.5 Å². The first-order chi connectivity index (χ1) is 9.70. The summed E-state index contributed by atoms with van der Waals surface area (Å²) in [6.07, 6.45) is 1.57. The highest BCUT2D eigenvalue weighted by atomic mass is 16.3. The van der Waals surface area contributed by atoms with E-state index >= 15 is 0 Å². The molecule has 1 heterocycles. The van der Waals surface area contributed by atoms with E-state index < -0.39 is 11.6 Å². The molecular formula is C15H26N4O2. The van der Waals surface area contributed by atoms with Gasteiger partial charge in [-0.15, -0.1) is 5.10 Å². The lowest BCUT2D eigenvalue weighted by molar-refractivity contribution is 0.167. The number of amides is 2. The number of anilines is 1. The highest BCUT2D eigenvalue weighted by Gasteiger charge is 2.24. The smallest absolute Gasteiger partial charge is 0.320 e. The molecule has 6 nitrogen and oxygen atoms in total. The molecule has 0 aliphatic carbocycles. The molecule has 1 aromatic heterocycles. The van der Waals surface area contributed by atoms with Gasteiger partial charge in [0, 0.05) is 5.41 Å². The number of nitrogens with one attached hydrogen (secondary N) is 2. The zero-order valence-electron chi connectivity index (χ0n) is 13.5. The summed E-state index contributed by atoms with van der Waals surface area (Å²) in [5.41, 5.74) is 0.154. The van der Waals surface area contributed by atoms with Crippen LogP contribution in [0.3, 0.4) is 0 Å². The van der Waals surface area contributed by atoms with Gasteiger partial charge in [0.15, 0.2) is 5.82 Å². The first kappa shape index (κ1) is 17.4. The Hall–Kier alpha value is -1.69. The van der Waals surface area contributed by atoms with Crippen LogP contribution in [0.4, 0.5) is 10.6 Å². The number of aromatic nitrogens is 2. The Kier molecular flexibility index (Phi) is 5.66. The summed E-state index contributed by atoms with van der Waals surface area (Å²) in [6.45, 7) is 9.86. The molecule has 0 spiro atoms. The quantitative estimate of drug-likeness (QED) is 0.778. The first-order valence-corrected chi connectivity index (χ1v) is 7.24. The van der Waals surface area contributed by atoms with E-state index in [1.54, 1.807) is 6.07 Å². The second-order valence-corrected chi connectivity index (χ2v) is 6.60. The monoisotopic (exact) mass is 294 g/mol. The van der Waals surface area contributed by atoms with Crippen LogP contribution in [0.2, 0.25) is 0 Å². The lowest BCUT2D eigenvalue weighted by atomic mass is 9.92.